The zero-order valence-electron chi connectivity index (χ0n) is 15.3. The van der Waals surface area contributed by atoms with Crippen LogP contribution in [0, 0.1) is 10.8 Å². The Bertz CT molecular complexity index is 387. The summed E-state index contributed by atoms with van der Waals surface area (Å²) in [7, 11) is 0. The van der Waals surface area contributed by atoms with Gasteiger partial charge in [-0.3, -0.25) is 9.59 Å². The van der Waals surface area contributed by atoms with Crippen LogP contribution < -0.4 is 0 Å². The first-order valence-corrected chi connectivity index (χ1v) is 9.24. The fourth-order valence-electron chi connectivity index (χ4n) is 3.36. The quantitative estimate of drug-likeness (QED) is 0.348. The number of aliphatic hydroxyl groups excluding tert-OH is 1. The van der Waals surface area contributed by atoms with Gasteiger partial charge in [0.2, 0.25) is 0 Å². The molecule has 5 nitrogen and oxygen atoms in total. The predicted octanol–water partition coefficient (Wildman–Crippen LogP) is 3.92. The maximum atomic E-state index is 10.8. The standard InChI is InChI=1S/C19H34O5/c1-18(2,13-17(22)23)9-5-3-7-16(21)8-4-6-10-19(11-12-19)14-24-15-20/h15-16,21H,3-14H2,1-2H3,(H,22,23). The van der Waals surface area contributed by atoms with E-state index in [1.54, 1.807) is 0 Å². The Morgan fingerprint density at radius 3 is 2.38 bits per heavy atom. The summed E-state index contributed by atoms with van der Waals surface area (Å²) >= 11 is 0. The maximum absolute atomic E-state index is 10.8. The predicted molar refractivity (Wildman–Crippen MR) is 92.7 cm³/mol. The van der Waals surface area contributed by atoms with E-state index in [-0.39, 0.29) is 23.4 Å². The van der Waals surface area contributed by atoms with E-state index in [4.69, 9.17) is 9.84 Å². The van der Waals surface area contributed by atoms with E-state index in [2.05, 4.69) is 0 Å². The van der Waals surface area contributed by atoms with Crippen molar-refractivity contribution in [1.29, 1.82) is 0 Å². The third kappa shape index (κ3) is 9.26. The van der Waals surface area contributed by atoms with Gasteiger partial charge in [0.15, 0.2) is 0 Å². The highest BCUT2D eigenvalue weighted by Gasteiger charge is 2.42. The highest BCUT2D eigenvalue weighted by atomic mass is 16.5. The second kappa shape index (κ2) is 10.0. The number of carboxylic acid groups (broad SMARTS) is 1. The van der Waals surface area contributed by atoms with Gasteiger partial charge in [-0.2, -0.15) is 0 Å². The molecule has 1 saturated carbocycles. The fraction of sp³-hybridized carbons (Fsp3) is 0.895. The van der Waals surface area contributed by atoms with Crippen LogP contribution in [-0.4, -0.2) is 35.4 Å². The van der Waals surface area contributed by atoms with E-state index in [0.717, 1.165) is 64.2 Å². The molecule has 1 rings (SSSR count). The van der Waals surface area contributed by atoms with Gasteiger partial charge in [-0.05, 0) is 43.9 Å². The summed E-state index contributed by atoms with van der Waals surface area (Å²) in [5.74, 6) is -0.744. The van der Waals surface area contributed by atoms with Crippen molar-refractivity contribution in [2.75, 3.05) is 6.61 Å². The molecule has 0 amide bonds. The van der Waals surface area contributed by atoms with Crippen molar-refractivity contribution in [3.8, 4) is 0 Å². The van der Waals surface area contributed by atoms with E-state index in [1.165, 1.54) is 0 Å². The lowest BCUT2D eigenvalue weighted by molar-refractivity contribution is -0.139. The van der Waals surface area contributed by atoms with Crippen molar-refractivity contribution in [3.05, 3.63) is 0 Å². The molecule has 1 aliphatic carbocycles. The topological polar surface area (TPSA) is 83.8 Å². The summed E-state index contributed by atoms with van der Waals surface area (Å²) in [4.78, 5) is 21.0. The summed E-state index contributed by atoms with van der Waals surface area (Å²) in [6.45, 7) is 5.05. The molecule has 1 unspecified atom stereocenters. The molecule has 2 N–H and O–H groups in total. The number of rotatable bonds is 15. The summed E-state index contributed by atoms with van der Waals surface area (Å²) in [5.41, 5.74) is 0.0700. The number of carbonyl (C=O) groups excluding carboxylic acids is 1. The molecule has 1 fully saturated rings. The molecule has 0 bridgehead atoms. The minimum absolute atomic E-state index is 0.168. The third-order valence-electron chi connectivity index (χ3n) is 5.18. The minimum Gasteiger partial charge on any atom is -0.481 e. The molecule has 0 spiro atoms. The number of hydrogen-bond acceptors (Lipinski definition) is 4. The van der Waals surface area contributed by atoms with E-state index in [9.17, 15) is 14.7 Å². The van der Waals surface area contributed by atoms with Crippen LogP contribution in [0.3, 0.4) is 0 Å². The Morgan fingerprint density at radius 2 is 1.83 bits per heavy atom. The average Bonchev–Trinajstić information content (AvgIpc) is 3.25. The molecule has 0 aromatic heterocycles. The molecule has 24 heavy (non-hydrogen) atoms. The Kier molecular flexibility index (Phi) is 8.74. The van der Waals surface area contributed by atoms with Gasteiger partial charge in [0.25, 0.3) is 6.47 Å². The molecule has 0 saturated heterocycles. The van der Waals surface area contributed by atoms with Crippen molar-refractivity contribution in [2.45, 2.75) is 90.6 Å². The van der Waals surface area contributed by atoms with Gasteiger partial charge < -0.3 is 14.9 Å². The summed E-state index contributed by atoms with van der Waals surface area (Å²) in [6.07, 6.45) is 9.81. The highest BCUT2D eigenvalue weighted by molar-refractivity contribution is 5.67. The van der Waals surface area contributed by atoms with Gasteiger partial charge in [-0.25, -0.2) is 0 Å². The molecule has 1 aliphatic rings. The number of carbonyl (C=O) groups is 2. The first-order chi connectivity index (χ1) is 11.3. The van der Waals surface area contributed by atoms with Gasteiger partial charge in [-0.1, -0.05) is 39.5 Å². The molecule has 0 heterocycles. The molecule has 0 aromatic rings. The lowest BCUT2D eigenvalue weighted by atomic mass is 9.83. The number of carboxylic acids is 1. The van der Waals surface area contributed by atoms with Crippen LogP contribution in [0.2, 0.25) is 0 Å². The average molecular weight is 342 g/mol. The number of aliphatic hydroxyl groups is 1. The maximum Gasteiger partial charge on any atom is 0.303 e. The Hall–Kier alpha value is -1.10. The number of aliphatic carboxylic acids is 1. The van der Waals surface area contributed by atoms with Crippen LogP contribution >= 0.6 is 0 Å². The molecule has 140 valence electrons. The molecular formula is C19H34O5. The Balaban J connectivity index is 2.01. The Labute approximate surface area is 145 Å². The van der Waals surface area contributed by atoms with Crippen molar-refractivity contribution in [3.63, 3.8) is 0 Å². The Morgan fingerprint density at radius 1 is 1.21 bits per heavy atom. The molecule has 0 aliphatic heterocycles. The first-order valence-electron chi connectivity index (χ1n) is 9.24. The van der Waals surface area contributed by atoms with Gasteiger partial charge in [0.05, 0.1) is 19.1 Å². The first kappa shape index (κ1) is 20.9. The normalized spacial score (nSPS) is 17.3. The van der Waals surface area contributed by atoms with Crippen LogP contribution in [0.4, 0.5) is 0 Å². The summed E-state index contributed by atoms with van der Waals surface area (Å²) in [5, 5.41) is 18.9. The van der Waals surface area contributed by atoms with Crippen LogP contribution in [0.5, 0.6) is 0 Å². The van der Waals surface area contributed by atoms with E-state index < -0.39 is 5.97 Å². The number of ether oxygens (including phenoxy) is 1. The molecule has 0 aromatic carbocycles. The zero-order chi connectivity index (χ0) is 18.1. The second-order valence-corrected chi connectivity index (χ2v) is 8.29. The van der Waals surface area contributed by atoms with Crippen LogP contribution in [0.25, 0.3) is 0 Å². The number of hydrogen-bond donors (Lipinski definition) is 2. The van der Waals surface area contributed by atoms with Crippen LogP contribution in [0.1, 0.15) is 84.5 Å². The summed E-state index contributed by atoms with van der Waals surface area (Å²) in [6, 6.07) is 0. The zero-order valence-corrected chi connectivity index (χ0v) is 15.3. The second-order valence-electron chi connectivity index (χ2n) is 8.29. The van der Waals surface area contributed by atoms with E-state index >= 15 is 0 Å². The highest BCUT2D eigenvalue weighted by Crippen LogP contribution is 2.50. The van der Waals surface area contributed by atoms with Crippen molar-refractivity contribution in [1.82, 2.24) is 0 Å². The molecule has 0 radical (unpaired) electrons. The van der Waals surface area contributed by atoms with Gasteiger partial charge in [0, 0.05) is 5.41 Å². The lowest BCUT2D eigenvalue weighted by Crippen LogP contribution is -2.17. The molecular weight excluding hydrogens is 308 g/mol. The van der Waals surface area contributed by atoms with Crippen molar-refractivity contribution in [2.24, 2.45) is 10.8 Å². The number of unbranched alkanes of at least 4 members (excludes halogenated alkanes) is 2. The van der Waals surface area contributed by atoms with E-state index in [1.807, 2.05) is 13.8 Å². The van der Waals surface area contributed by atoms with Gasteiger partial charge >= 0.3 is 5.97 Å². The SMILES string of the molecule is CC(C)(CCCCC(O)CCCCC1(COC=O)CC1)CC(=O)O. The van der Waals surface area contributed by atoms with Crippen LogP contribution in [-0.2, 0) is 14.3 Å². The third-order valence-corrected chi connectivity index (χ3v) is 5.18. The smallest absolute Gasteiger partial charge is 0.303 e. The van der Waals surface area contributed by atoms with Crippen molar-refractivity contribution >= 4 is 12.4 Å². The lowest BCUT2D eigenvalue weighted by Gasteiger charge is -2.22. The van der Waals surface area contributed by atoms with Gasteiger partial charge in [0.1, 0.15) is 0 Å². The molecule has 5 heteroatoms. The monoisotopic (exact) mass is 342 g/mol. The fourth-order valence-corrected chi connectivity index (χ4v) is 3.36. The van der Waals surface area contributed by atoms with E-state index in [0.29, 0.717) is 13.1 Å². The van der Waals surface area contributed by atoms with Gasteiger partial charge in [-0.15, -0.1) is 0 Å². The van der Waals surface area contributed by atoms with Crippen molar-refractivity contribution < 1.29 is 24.5 Å². The molecule has 1 atom stereocenters. The minimum atomic E-state index is -0.744. The largest absolute Gasteiger partial charge is 0.481 e. The summed E-state index contributed by atoms with van der Waals surface area (Å²) < 4.78 is 4.89. The van der Waals surface area contributed by atoms with Crippen LogP contribution in [0.15, 0.2) is 0 Å².